The van der Waals surface area contributed by atoms with E-state index in [1.807, 2.05) is 0 Å². The van der Waals surface area contributed by atoms with Crippen LogP contribution < -0.4 is 0 Å². The molecule has 0 spiro atoms. The lowest BCUT2D eigenvalue weighted by Gasteiger charge is -2.37. The molecule has 1 heteroatoms. The summed E-state index contributed by atoms with van der Waals surface area (Å²) < 4.78 is 0. The summed E-state index contributed by atoms with van der Waals surface area (Å²) in [7, 11) is 0. The fourth-order valence-electron chi connectivity index (χ4n) is 3.31. The largest absolute Gasteiger partial charge is 0.286 e. The van der Waals surface area contributed by atoms with Crippen LogP contribution in [-0.2, 0) is 0 Å². The van der Waals surface area contributed by atoms with Crippen LogP contribution in [0.4, 0.5) is 0 Å². The Morgan fingerprint density at radius 3 is 1.80 bits per heavy atom. The molecule has 0 heterocycles. The number of rotatable bonds is 3. The van der Waals surface area contributed by atoms with Crippen LogP contribution >= 0.6 is 0 Å². The molecule has 0 aliphatic heterocycles. The zero-order valence-electron chi connectivity index (χ0n) is 9.75. The molecule has 2 aliphatic rings. The van der Waals surface area contributed by atoms with E-state index in [0.717, 1.165) is 18.6 Å². The summed E-state index contributed by atoms with van der Waals surface area (Å²) in [6.45, 7) is 0.884. The summed E-state index contributed by atoms with van der Waals surface area (Å²) in [6.07, 6.45) is 18.2. The highest BCUT2D eigenvalue weighted by atomic mass is 15.2. The summed E-state index contributed by atoms with van der Waals surface area (Å²) in [5, 5.41) is 0. The molecule has 0 radical (unpaired) electrons. The van der Waals surface area contributed by atoms with Crippen molar-refractivity contribution in [3.05, 3.63) is 0 Å². The van der Waals surface area contributed by atoms with Crippen molar-refractivity contribution in [2.45, 2.75) is 69.9 Å². The Morgan fingerprint density at radius 2 is 1.33 bits per heavy atom. The van der Waals surface area contributed by atoms with Crippen molar-refractivity contribution in [1.82, 2.24) is 4.90 Å². The molecule has 2 rings (SSSR count). The summed E-state index contributed by atoms with van der Waals surface area (Å²) in [5.41, 5.74) is 0. The maximum atomic E-state index is 5.51. The first-order valence-corrected chi connectivity index (χ1v) is 6.61. The maximum absolute atomic E-state index is 5.51. The Kier molecular flexibility index (Phi) is 4.09. The molecule has 0 amide bonds. The molecular weight excluding hydrogens is 182 g/mol. The van der Waals surface area contributed by atoms with Gasteiger partial charge in [0.15, 0.2) is 0 Å². The van der Waals surface area contributed by atoms with Crippen molar-refractivity contribution in [1.29, 1.82) is 0 Å². The predicted molar refractivity (Wildman–Crippen MR) is 64.7 cm³/mol. The molecule has 0 aromatic carbocycles. The molecule has 84 valence electrons. The van der Waals surface area contributed by atoms with Crippen molar-refractivity contribution in [2.75, 3.05) is 6.54 Å². The summed E-state index contributed by atoms with van der Waals surface area (Å²) >= 11 is 0. The van der Waals surface area contributed by atoms with Gasteiger partial charge < -0.3 is 0 Å². The minimum absolute atomic E-state index is 0.804. The average Bonchev–Trinajstić information content (AvgIpc) is 2.80. The van der Waals surface area contributed by atoms with Crippen molar-refractivity contribution in [2.24, 2.45) is 0 Å². The van der Waals surface area contributed by atoms with E-state index >= 15 is 0 Å². The molecule has 15 heavy (non-hydrogen) atoms. The van der Waals surface area contributed by atoms with Crippen molar-refractivity contribution in [3.8, 4) is 12.3 Å². The van der Waals surface area contributed by atoms with Crippen molar-refractivity contribution >= 4 is 0 Å². The van der Waals surface area contributed by atoms with E-state index in [0.29, 0.717) is 0 Å². The highest BCUT2D eigenvalue weighted by Gasteiger charge is 2.28. The highest BCUT2D eigenvalue weighted by molar-refractivity contribution is 4.94. The van der Waals surface area contributed by atoms with Crippen molar-refractivity contribution < 1.29 is 0 Å². The van der Waals surface area contributed by atoms with Gasteiger partial charge in [-0.1, -0.05) is 38.0 Å². The van der Waals surface area contributed by atoms with Gasteiger partial charge in [-0.15, -0.1) is 6.42 Å². The van der Waals surface area contributed by atoms with Gasteiger partial charge in [0.2, 0.25) is 0 Å². The van der Waals surface area contributed by atoms with E-state index in [-0.39, 0.29) is 0 Å². The van der Waals surface area contributed by atoms with Crippen LogP contribution in [0.25, 0.3) is 0 Å². The zero-order valence-corrected chi connectivity index (χ0v) is 9.75. The van der Waals surface area contributed by atoms with Crippen LogP contribution in [0.3, 0.4) is 0 Å². The Balaban J connectivity index is 1.94. The molecule has 0 aromatic heterocycles. The van der Waals surface area contributed by atoms with E-state index in [4.69, 9.17) is 6.42 Å². The number of nitrogens with zero attached hydrogens (tertiary/aromatic N) is 1. The number of hydrogen-bond acceptors (Lipinski definition) is 1. The van der Waals surface area contributed by atoms with Gasteiger partial charge >= 0.3 is 0 Å². The first-order chi connectivity index (χ1) is 7.42. The topological polar surface area (TPSA) is 3.24 Å². The molecule has 1 nitrogen and oxygen atoms in total. The molecule has 2 saturated carbocycles. The SMILES string of the molecule is C#CCN(C1CCCCC1)C1CCCC1. The third kappa shape index (κ3) is 2.75. The third-order valence-corrected chi connectivity index (χ3v) is 4.11. The zero-order chi connectivity index (χ0) is 10.5. The minimum atomic E-state index is 0.804. The molecule has 0 atom stereocenters. The van der Waals surface area contributed by atoms with Gasteiger partial charge in [-0.25, -0.2) is 0 Å². The van der Waals surface area contributed by atoms with Crippen LogP contribution in [-0.4, -0.2) is 23.5 Å². The van der Waals surface area contributed by atoms with E-state index in [1.165, 1.54) is 57.8 Å². The Morgan fingerprint density at radius 1 is 0.867 bits per heavy atom. The van der Waals surface area contributed by atoms with Gasteiger partial charge in [-0.05, 0) is 25.7 Å². The van der Waals surface area contributed by atoms with Crippen LogP contribution in [0.1, 0.15) is 57.8 Å². The van der Waals surface area contributed by atoms with Crippen LogP contribution in [0.5, 0.6) is 0 Å². The summed E-state index contributed by atoms with van der Waals surface area (Å²) in [5.74, 6) is 2.87. The van der Waals surface area contributed by atoms with E-state index in [2.05, 4.69) is 10.8 Å². The molecule has 2 fully saturated rings. The fourth-order valence-corrected chi connectivity index (χ4v) is 3.31. The first kappa shape index (κ1) is 11.0. The lowest BCUT2D eigenvalue weighted by molar-refractivity contribution is 0.123. The van der Waals surface area contributed by atoms with Gasteiger partial charge in [0.1, 0.15) is 0 Å². The van der Waals surface area contributed by atoms with Gasteiger partial charge in [-0.3, -0.25) is 4.90 Å². The molecule has 0 bridgehead atoms. The average molecular weight is 205 g/mol. The standard InChI is InChI=1S/C14H23N/c1-2-12-15(14-10-6-7-11-14)13-8-4-3-5-9-13/h1,13-14H,3-12H2. The van der Waals surface area contributed by atoms with Gasteiger partial charge in [0.05, 0.1) is 6.54 Å². The van der Waals surface area contributed by atoms with Crippen LogP contribution in [0.15, 0.2) is 0 Å². The fraction of sp³-hybridized carbons (Fsp3) is 0.857. The van der Waals surface area contributed by atoms with Crippen LogP contribution in [0.2, 0.25) is 0 Å². The molecule has 0 N–H and O–H groups in total. The third-order valence-electron chi connectivity index (χ3n) is 4.11. The second-order valence-corrected chi connectivity index (χ2v) is 5.11. The number of hydrogen-bond donors (Lipinski definition) is 0. The highest BCUT2D eigenvalue weighted by Crippen LogP contribution is 2.30. The maximum Gasteiger partial charge on any atom is 0.0603 e. The second kappa shape index (κ2) is 5.56. The lowest BCUT2D eigenvalue weighted by Crippen LogP contribution is -2.43. The Labute approximate surface area is 94.2 Å². The summed E-state index contributed by atoms with van der Waals surface area (Å²) in [4.78, 5) is 2.64. The van der Waals surface area contributed by atoms with Crippen molar-refractivity contribution in [3.63, 3.8) is 0 Å². The van der Waals surface area contributed by atoms with Gasteiger partial charge in [-0.2, -0.15) is 0 Å². The predicted octanol–water partition coefficient (Wildman–Crippen LogP) is 3.20. The molecule has 0 saturated heterocycles. The summed E-state index contributed by atoms with van der Waals surface area (Å²) in [6, 6.07) is 1.61. The van der Waals surface area contributed by atoms with E-state index in [1.54, 1.807) is 0 Å². The quantitative estimate of drug-likeness (QED) is 0.640. The monoisotopic (exact) mass is 205 g/mol. The van der Waals surface area contributed by atoms with Crippen LogP contribution in [0, 0.1) is 12.3 Å². The van der Waals surface area contributed by atoms with E-state index < -0.39 is 0 Å². The Bertz CT molecular complexity index is 216. The lowest BCUT2D eigenvalue weighted by atomic mass is 9.93. The molecule has 0 unspecified atom stereocenters. The molecular formula is C14H23N. The first-order valence-electron chi connectivity index (χ1n) is 6.61. The molecule has 2 aliphatic carbocycles. The van der Waals surface area contributed by atoms with E-state index in [9.17, 15) is 0 Å². The molecule has 0 aromatic rings. The Hall–Kier alpha value is -0.480. The smallest absolute Gasteiger partial charge is 0.0603 e. The second-order valence-electron chi connectivity index (χ2n) is 5.11. The minimum Gasteiger partial charge on any atom is -0.286 e. The van der Waals surface area contributed by atoms with Gasteiger partial charge in [0, 0.05) is 12.1 Å². The van der Waals surface area contributed by atoms with Gasteiger partial charge in [0.25, 0.3) is 0 Å². The number of terminal acetylenes is 1. The normalized spacial score (nSPS) is 24.5.